The van der Waals surface area contributed by atoms with Crippen LogP contribution in [0.2, 0.25) is 0 Å². The number of aromatic nitrogens is 1. The van der Waals surface area contributed by atoms with Crippen molar-refractivity contribution < 1.29 is 17.9 Å². The molecule has 3 rings (SSSR count). The molecule has 0 bridgehead atoms. The van der Waals surface area contributed by atoms with E-state index in [1.54, 1.807) is 54.6 Å². The molecule has 4 nitrogen and oxygen atoms in total. The first-order valence-electron chi connectivity index (χ1n) is 8.75. The van der Waals surface area contributed by atoms with Crippen molar-refractivity contribution in [2.75, 3.05) is 19.0 Å². The van der Waals surface area contributed by atoms with E-state index in [-0.39, 0.29) is 5.56 Å². The van der Waals surface area contributed by atoms with Gasteiger partial charge in [0.05, 0.1) is 18.2 Å². The van der Waals surface area contributed by atoms with Crippen molar-refractivity contribution in [2.45, 2.75) is 19.1 Å². The number of hydrogen-bond acceptors (Lipinski definition) is 3. The topological polar surface area (TPSA) is 54.1 Å². The summed E-state index contributed by atoms with van der Waals surface area (Å²) in [7, 11) is 1.26. The summed E-state index contributed by atoms with van der Waals surface area (Å²) in [6.07, 6.45) is -4.52. The van der Waals surface area contributed by atoms with Gasteiger partial charge >= 0.3 is 6.18 Å². The Kier molecular flexibility index (Phi) is 5.47. The molecule has 2 N–H and O–H groups in total. The van der Waals surface area contributed by atoms with Gasteiger partial charge in [-0.25, -0.2) is 0 Å². The normalized spacial score (nSPS) is 15.2. The van der Waals surface area contributed by atoms with Gasteiger partial charge in [0.25, 0.3) is 0 Å². The Morgan fingerprint density at radius 2 is 1.75 bits per heavy atom. The highest BCUT2D eigenvalue weighted by molar-refractivity contribution is 5.91. The van der Waals surface area contributed by atoms with Gasteiger partial charge in [0, 0.05) is 24.2 Å². The number of hydrogen-bond donors (Lipinski definition) is 2. The Morgan fingerprint density at radius 3 is 2.39 bits per heavy atom. The van der Waals surface area contributed by atoms with Crippen molar-refractivity contribution in [3.8, 4) is 0 Å². The number of alkyl halides is 3. The molecule has 0 amide bonds. The number of benzene rings is 2. The van der Waals surface area contributed by atoms with Gasteiger partial charge < -0.3 is 15.0 Å². The molecule has 0 spiro atoms. The van der Waals surface area contributed by atoms with E-state index in [9.17, 15) is 18.0 Å². The molecule has 28 heavy (non-hydrogen) atoms. The second kappa shape index (κ2) is 7.67. The largest absolute Gasteiger partial charge is 0.398 e. The van der Waals surface area contributed by atoms with E-state index in [0.717, 1.165) is 6.92 Å². The molecule has 0 saturated heterocycles. The summed E-state index contributed by atoms with van der Waals surface area (Å²) in [6, 6.07) is 15.4. The van der Waals surface area contributed by atoms with Crippen LogP contribution >= 0.6 is 0 Å². The summed E-state index contributed by atoms with van der Waals surface area (Å²) in [6.45, 7) is 0.638. The third kappa shape index (κ3) is 3.75. The lowest BCUT2D eigenvalue weighted by Gasteiger charge is -2.40. The lowest BCUT2D eigenvalue weighted by molar-refractivity contribution is -0.237. The number of methoxy groups -OCH3 is 1. The predicted octanol–water partition coefficient (Wildman–Crippen LogP) is 4.90. The van der Waals surface area contributed by atoms with Crippen LogP contribution in [0.1, 0.15) is 18.5 Å². The second-order valence-electron chi connectivity index (χ2n) is 6.93. The average molecular weight is 390 g/mol. The Hall–Kier alpha value is -2.80. The number of halogens is 3. The van der Waals surface area contributed by atoms with Crippen LogP contribution in [-0.4, -0.2) is 24.9 Å². The Bertz CT molecular complexity index is 1000. The highest BCUT2D eigenvalue weighted by atomic mass is 19.4. The van der Waals surface area contributed by atoms with E-state index in [1.165, 1.54) is 13.2 Å². The Balaban J connectivity index is 2.15. The highest BCUT2D eigenvalue weighted by Crippen LogP contribution is 2.49. The van der Waals surface area contributed by atoms with Gasteiger partial charge in [0.2, 0.25) is 5.56 Å². The molecule has 3 aromatic rings. The number of anilines is 1. The summed E-state index contributed by atoms with van der Waals surface area (Å²) in [5.74, 6) is 0. The molecule has 1 heterocycles. The number of fused-ring (bicyclic) bond motifs is 1. The lowest BCUT2D eigenvalue weighted by Crippen LogP contribution is -2.47. The maximum absolute atomic E-state index is 14.1. The Labute approximate surface area is 160 Å². The third-order valence-corrected chi connectivity index (χ3v) is 4.93. The molecule has 2 aromatic carbocycles. The number of ether oxygens (including phenoxy) is 1. The van der Waals surface area contributed by atoms with Gasteiger partial charge in [-0.05, 0) is 30.7 Å². The fraction of sp³-hybridized carbons (Fsp3) is 0.286. The molecule has 0 radical (unpaired) electrons. The second-order valence-corrected chi connectivity index (χ2v) is 6.93. The molecule has 7 heteroatoms. The maximum Gasteiger partial charge on any atom is 0.398 e. The number of aromatic amines is 1. The zero-order chi connectivity index (χ0) is 20.4. The number of H-pyrrole nitrogens is 1. The van der Waals surface area contributed by atoms with Crippen molar-refractivity contribution in [1.29, 1.82) is 0 Å². The van der Waals surface area contributed by atoms with Crippen molar-refractivity contribution >= 4 is 16.6 Å². The van der Waals surface area contributed by atoms with Gasteiger partial charge in [-0.2, -0.15) is 13.2 Å². The van der Waals surface area contributed by atoms with Crippen LogP contribution in [0.4, 0.5) is 18.9 Å². The first kappa shape index (κ1) is 19.9. The Morgan fingerprint density at radius 1 is 1.04 bits per heavy atom. The summed E-state index contributed by atoms with van der Waals surface area (Å²) in [5, 5.41) is 3.70. The van der Waals surface area contributed by atoms with Crippen molar-refractivity contribution in [1.82, 2.24) is 4.98 Å². The van der Waals surface area contributed by atoms with E-state index >= 15 is 0 Å². The van der Waals surface area contributed by atoms with E-state index in [1.807, 2.05) is 0 Å². The molecule has 0 aliphatic heterocycles. The maximum atomic E-state index is 14.1. The summed E-state index contributed by atoms with van der Waals surface area (Å²) >= 11 is 0. The minimum absolute atomic E-state index is 0.274. The molecule has 0 saturated carbocycles. The van der Waals surface area contributed by atoms with Crippen molar-refractivity contribution in [3.05, 3.63) is 76.6 Å². The zero-order valence-corrected chi connectivity index (χ0v) is 15.5. The molecule has 0 aliphatic rings. The highest BCUT2D eigenvalue weighted by Gasteiger charge is 2.56. The summed E-state index contributed by atoms with van der Waals surface area (Å²) < 4.78 is 47.4. The van der Waals surface area contributed by atoms with Crippen LogP contribution in [0.3, 0.4) is 0 Å². The quantitative estimate of drug-likeness (QED) is 0.630. The standard InChI is InChI=1S/C21H21F3N2O2/c1-20(13-28-2,21(22,23)24)19(14-7-4-3-5-8-14)26-17-10-6-9-16-15(17)11-12-18(27)25-16/h3-12,19,26H,13H2,1-2H3,(H,25,27). The first-order valence-corrected chi connectivity index (χ1v) is 8.75. The van der Waals surface area contributed by atoms with Crippen LogP contribution < -0.4 is 10.9 Å². The third-order valence-electron chi connectivity index (χ3n) is 4.93. The van der Waals surface area contributed by atoms with Crippen molar-refractivity contribution in [3.63, 3.8) is 0 Å². The molecular weight excluding hydrogens is 369 g/mol. The number of pyridine rings is 1. The summed E-state index contributed by atoms with van der Waals surface area (Å²) in [5.41, 5.74) is -0.934. The molecular formula is C21H21F3N2O2. The SMILES string of the molecule is COCC(C)(C(Nc1cccc2[nH]c(=O)ccc12)c1ccccc1)C(F)(F)F. The van der Waals surface area contributed by atoms with Crippen molar-refractivity contribution in [2.24, 2.45) is 5.41 Å². The van der Waals surface area contributed by atoms with E-state index in [2.05, 4.69) is 10.3 Å². The average Bonchev–Trinajstić information content (AvgIpc) is 2.65. The smallest absolute Gasteiger partial charge is 0.384 e. The number of nitrogens with one attached hydrogen (secondary N) is 2. The molecule has 148 valence electrons. The van der Waals surface area contributed by atoms with Gasteiger partial charge in [-0.3, -0.25) is 4.79 Å². The summed E-state index contributed by atoms with van der Waals surface area (Å²) in [4.78, 5) is 14.3. The molecule has 1 aromatic heterocycles. The molecule has 0 aliphatic carbocycles. The minimum Gasteiger partial charge on any atom is -0.384 e. The predicted molar refractivity (Wildman–Crippen MR) is 103 cm³/mol. The van der Waals surface area contributed by atoms with Crippen LogP contribution in [0.5, 0.6) is 0 Å². The zero-order valence-electron chi connectivity index (χ0n) is 15.5. The lowest BCUT2D eigenvalue weighted by atomic mass is 9.78. The fourth-order valence-electron chi connectivity index (χ4n) is 3.35. The first-order chi connectivity index (χ1) is 13.3. The minimum atomic E-state index is -4.52. The van der Waals surface area contributed by atoms with E-state index < -0.39 is 24.2 Å². The van der Waals surface area contributed by atoms with Crippen LogP contribution in [0.25, 0.3) is 10.9 Å². The van der Waals surface area contributed by atoms with Crippen LogP contribution in [0.15, 0.2) is 65.5 Å². The molecule has 0 fully saturated rings. The monoisotopic (exact) mass is 390 g/mol. The van der Waals surface area contributed by atoms with Gasteiger partial charge in [0.15, 0.2) is 0 Å². The fourth-order valence-corrected chi connectivity index (χ4v) is 3.35. The molecule has 2 atom stereocenters. The van der Waals surface area contributed by atoms with Gasteiger partial charge in [-0.15, -0.1) is 0 Å². The van der Waals surface area contributed by atoms with Crippen LogP contribution in [-0.2, 0) is 4.74 Å². The molecule has 2 unspecified atom stereocenters. The number of rotatable bonds is 6. The van der Waals surface area contributed by atoms with Crippen LogP contribution in [0, 0.1) is 5.41 Å². The van der Waals surface area contributed by atoms with Gasteiger partial charge in [-0.1, -0.05) is 36.4 Å². The van der Waals surface area contributed by atoms with E-state index in [4.69, 9.17) is 4.74 Å². The van der Waals surface area contributed by atoms with E-state index in [0.29, 0.717) is 22.2 Å². The van der Waals surface area contributed by atoms with Gasteiger partial charge in [0.1, 0.15) is 5.41 Å².